The number of rotatable bonds is 3. The van der Waals surface area contributed by atoms with Crippen LogP contribution in [0.1, 0.15) is 19.3 Å². The van der Waals surface area contributed by atoms with Gasteiger partial charge in [-0.1, -0.05) is 6.42 Å². The number of amides is 1. The minimum absolute atomic E-state index is 0. The van der Waals surface area contributed by atoms with Crippen molar-refractivity contribution in [2.75, 3.05) is 33.4 Å². The van der Waals surface area contributed by atoms with Crippen molar-refractivity contribution in [3.63, 3.8) is 0 Å². The van der Waals surface area contributed by atoms with Crippen LogP contribution in [0.15, 0.2) is 0 Å². The van der Waals surface area contributed by atoms with Gasteiger partial charge in [0, 0.05) is 20.1 Å². The number of morpholine rings is 1. The van der Waals surface area contributed by atoms with Gasteiger partial charge in [-0.05, 0) is 18.8 Å². The molecule has 5 heteroatoms. The Labute approximate surface area is 103 Å². The average Bonchev–Trinajstić information content (AvgIpc) is 2.23. The Morgan fingerprint density at radius 2 is 2.25 bits per heavy atom. The molecule has 2 fully saturated rings. The number of ether oxygens (including phenoxy) is 1. The van der Waals surface area contributed by atoms with E-state index in [1.54, 1.807) is 0 Å². The fourth-order valence-corrected chi connectivity index (χ4v) is 2.14. The van der Waals surface area contributed by atoms with Gasteiger partial charge in [0.05, 0.1) is 13.2 Å². The van der Waals surface area contributed by atoms with Gasteiger partial charge in [0.15, 0.2) is 0 Å². The molecule has 1 unspecified atom stereocenters. The van der Waals surface area contributed by atoms with E-state index in [-0.39, 0.29) is 24.4 Å². The highest BCUT2D eigenvalue weighted by Gasteiger charge is 2.27. The van der Waals surface area contributed by atoms with E-state index in [2.05, 4.69) is 5.32 Å². The number of nitrogens with one attached hydrogen (secondary N) is 1. The molecule has 1 aliphatic heterocycles. The Hall–Kier alpha value is -0.320. The van der Waals surface area contributed by atoms with Crippen molar-refractivity contribution < 1.29 is 9.53 Å². The predicted molar refractivity (Wildman–Crippen MR) is 64.8 cm³/mol. The largest absolute Gasteiger partial charge is 0.378 e. The lowest BCUT2D eigenvalue weighted by atomic mass is 9.85. The second-order valence-corrected chi connectivity index (χ2v) is 4.60. The molecule has 1 aliphatic carbocycles. The van der Waals surface area contributed by atoms with Crippen molar-refractivity contribution in [2.24, 2.45) is 5.92 Å². The van der Waals surface area contributed by atoms with Crippen LogP contribution >= 0.6 is 12.4 Å². The fourth-order valence-electron chi connectivity index (χ4n) is 2.14. The maximum absolute atomic E-state index is 12.0. The first kappa shape index (κ1) is 13.7. The molecule has 2 rings (SSSR count). The van der Waals surface area contributed by atoms with Gasteiger partial charge in [-0.3, -0.25) is 4.79 Å². The van der Waals surface area contributed by atoms with Crippen LogP contribution in [-0.2, 0) is 9.53 Å². The van der Waals surface area contributed by atoms with Crippen molar-refractivity contribution >= 4 is 18.3 Å². The quantitative estimate of drug-likeness (QED) is 0.798. The van der Waals surface area contributed by atoms with Gasteiger partial charge in [0.2, 0.25) is 5.91 Å². The highest BCUT2D eigenvalue weighted by molar-refractivity contribution is 5.85. The van der Waals surface area contributed by atoms with Gasteiger partial charge in [-0.25, -0.2) is 0 Å². The van der Waals surface area contributed by atoms with E-state index < -0.39 is 0 Å². The van der Waals surface area contributed by atoms with Crippen molar-refractivity contribution in [1.29, 1.82) is 0 Å². The smallest absolute Gasteiger partial charge is 0.241 e. The van der Waals surface area contributed by atoms with Crippen LogP contribution in [-0.4, -0.2) is 50.2 Å². The summed E-state index contributed by atoms with van der Waals surface area (Å²) in [6.07, 6.45) is 3.90. The van der Waals surface area contributed by atoms with Gasteiger partial charge >= 0.3 is 0 Å². The van der Waals surface area contributed by atoms with Crippen LogP contribution in [0.4, 0.5) is 0 Å². The SMILES string of the molecule is CN(CC1CCC1)C(=O)C1COCCN1.Cl. The molecular weight excluding hydrogens is 228 g/mol. The van der Waals surface area contributed by atoms with Crippen LogP contribution in [0.25, 0.3) is 0 Å². The van der Waals surface area contributed by atoms with Gasteiger partial charge in [-0.15, -0.1) is 12.4 Å². The number of carbonyl (C=O) groups is 1. The highest BCUT2D eigenvalue weighted by atomic mass is 35.5. The van der Waals surface area contributed by atoms with Crippen LogP contribution in [0, 0.1) is 5.92 Å². The minimum Gasteiger partial charge on any atom is -0.378 e. The number of likely N-dealkylation sites (N-methyl/N-ethyl adjacent to an activating group) is 1. The molecule has 0 radical (unpaired) electrons. The number of nitrogens with zero attached hydrogens (tertiary/aromatic N) is 1. The average molecular weight is 249 g/mol. The maximum Gasteiger partial charge on any atom is 0.241 e. The monoisotopic (exact) mass is 248 g/mol. The van der Waals surface area contributed by atoms with Crippen LogP contribution in [0.3, 0.4) is 0 Å². The lowest BCUT2D eigenvalue weighted by Crippen LogP contribution is -2.52. The van der Waals surface area contributed by atoms with Gasteiger partial charge < -0.3 is 15.0 Å². The summed E-state index contributed by atoms with van der Waals surface area (Å²) in [4.78, 5) is 13.8. The third-order valence-corrected chi connectivity index (χ3v) is 3.35. The Morgan fingerprint density at radius 1 is 1.50 bits per heavy atom. The molecule has 1 amide bonds. The molecule has 1 saturated heterocycles. The van der Waals surface area contributed by atoms with E-state index >= 15 is 0 Å². The predicted octanol–water partition coefficient (Wildman–Crippen LogP) is 0.655. The number of carbonyl (C=O) groups excluding carboxylic acids is 1. The normalized spacial score (nSPS) is 25.4. The molecule has 0 spiro atoms. The molecule has 0 aromatic heterocycles. The van der Waals surface area contributed by atoms with Gasteiger partial charge in [-0.2, -0.15) is 0 Å². The Balaban J connectivity index is 0.00000128. The standard InChI is InChI=1S/C11H20N2O2.ClH/c1-13(7-9-3-2-4-9)11(14)10-8-15-6-5-12-10;/h9-10,12H,2-8H2,1H3;1H. The molecular formula is C11H21ClN2O2. The zero-order valence-corrected chi connectivity index (χ0v) is 10.6. The van der Waals surface area contributed by atoms with Crippen LogP contribution < -0.4 is 5.32 Å². The Morgan fingerprint density at radius 3 is 2.75 bits per heavy atom. The van der Waals surface area contributed by atoms with Gasteiger partial charge in [0.1, 0.15) is 6.04 Å². The molecule has 1 saturated carbocycles. The third-order valence-electron chi connectivity index (χ3n) is 3.35. The van der Waals surface area contributed by atoms with E-state index in [1.807, 2.05) is 11.9 Å². The van der Waals surface area contributed by atoms with E-state index in [4.69, 9.17) is 4.74 Å². The molecule has 2 aliphatic rings. The number of hydrogen-bond acceptors (Lipinski definition) is 3. The summed E-state index contributed by atoms with van der Waals surface area (Å²) in [7, 11) is 1.90. The molecule has 16 heavy (non-hydrogen) atoms. The maximum atomic E-state index is 12.0. The first-order valence-electron chi connectivity index (χ1n) is 5.83. The molecule has 4 nitrogen and oxygen atoms in total. The Kier molecular flexibility index (Phi) is 5.52. The summed E-state index contributed by atoms with van der Waals surface area (Å²) in [6, 6.07) is -0.121. The molecule has 1 heterocycles. The summed E-state index contributed by atoms with van der Waals surface area (Å²) in [5.41, 5.74) is 0. The molecule has 1 atom stereocenters. The molecule has 0 aromatic rings. The molecule has 0 aromatic carbocycles. The highest BCUT2D eigenvalue weighted by Crippen LogP contribution is 2.26. The summed E-state index contributed by atoms with van der Waals surface area (Å²) >= 11 is 0. The topological polar surface area (TPSA) is 41.6 Å². The van der Waals surface area contributed by atoms with E-state index in [9.17, 15) is 4.79 Å². The number of hydrogen-bond donors (Lipinski definition) is 1. The molecule has 94 valence electrons. The van der Waals surface area contributed by atoms with E-state index in [1.165, 1.54) is 19.3 Å². The zero-order valence-electron chi connectivity index (χ0n) is 9.78. The second kappa shape index (κ2) is 6.42. The van der Waals surface area contributed by atoms with E-state index in [0.29, 0.717) is 6.61 Å². The summed E-state index contributed by atoms with van der Waals surface area (Å²) < 4.78 is 5.29. The molecule has 0 bridgehead atoms. The fraction of sp³-hybridized carbons (Fsp3) is 0.909. The summed E-state index contributed by atoms with van der Waals surface area (Å²) in [5, 5.41) is 3.19. The third kappa shape index (κ3) is 3.34. The van der Waals surface area contributed by atoms with Crippen molar-refractivity contribution in [3.8, 4) is 0 Å². The number of halogens is 1. The Bertz CT molecular complexity index is 228. The first-order chi connectivity index (χ1) is 7.27. The lowest BCUT2D eigenvalue weighted by Gasteiger charge is -2.33. The second-order valence-electron chi connectivity index (χ2n) is 4.60. The zero-order chi connectivity index (χ0) is 10.7. The minimum atomic E-state index is -0.121. The lowest BCUT2D eigenvalue weighted by molar-refractivity contribution is -0.136. The first-order valence-corrected chi connectivity index (χ1v) is 5.83. The van der Waals surface area contributed by atoms with Gasteiger partial charge in [0.25, 0.3) is 0 Å². The molecule has 1 N–H and O–H groups in total. The summed E-state index contributed by atoms with van der Waals surface area (Å²) in [5.74, 6) is 0.921. The van der Waals surface area contributed by atoms with Crippen molar-refractivity contribution in [1.82, 2.24) is 10.2 Å². The van der Waals surface area contributed by atoms with Crippen LogP contribution in [0.5, 0.6) is 0 Å². The van der Waals surface area contributed by atoms with E-state index in [0.717, 1.165) is 25.6 Å². The summed E-state index contributed by atoms with van der Waals surface area (Å²) in [6.45, 7) is 2.94. The van der Waals surface area contributed by atoms with Crippen molar-refractivity contribution in [2.45, 2.75) is 25.3 Å². The van der Waals surface area contributed by atoms with Crippen molar-refractivity contribution in [3.05, 3.63) is 0 Å². The van der Waals surface area contributed by atoms with Crippen LogP contribution in [0.2, 0.25) is 0 Å².